The van der Waals surface area contributed by atoms with Crippen LogP contribution >= 0.6 is 0 Å². The van der Waals surface area contributed by atoms with Gasteiger partial charge in [0.1, 0.15) is 23.6 Å². The molecule has 1 aromatic carbocycles. The van der Waals surface area contributed by atoms with Crippen LogP contribution < -0.4 is 10.5 Å². The van der Waals surface area contributed by atoms with Gasteiger partial charge in [-0.3, -0.25) is 4.79 Å². The van der Waals surface area contributed by atoms with E-state index in [-0.39, 0.29) is 11.9 Å². The number of rotatable bonds is 6. The molecule has 174 valence electrons. The van der Waals surface area contributed by atoms with E-state index in [1.54, 1.807) is 13.2 Å². The van der Waals surface area contributed by atoms with E-state index in [4.69, 9.17) is 15.6 Å². The number of nitrogens with zero attached hydrogens (tertiary/aromatic N) is 6. The van der Waals surface area contributed by atoms with Crippen molar-refractivity contribution in [2.45, 2.75) is 25.8 Å². The van der Waals surface area contributed by atoms with Gasteiger partial charge in [0.15, 0.2) is 5.65 Å². The van der Waals surface area contributed by atoms with Gasteiger partial charge in [-0.1, -0.05) is 18.2 Å². The highest BCUT2D eigenvalue weighted by atomic mass is 16.5. The van der Waals surface area contributed by atoms with Gasteiger partial charge in [-0.05, 0) is 45.5 Å². The van der Waals surface area contributed by atoms with Gasteiger partial charge in [-0.15, -0.1) is 0 Å². The smallest absolute Gasteiger partial charge is 0.246 e. The maximum atomic E-state index is 12.5. The summed E-state index contributed by atoms with van der Waals surface area (Å²) in [5.74, 6) is 1.25. The molecule has 0 radical (unpaired) electrons. The number of likely N-dealkylation sites (tertiary alicyclic amines) is 1. The molecular weight excluding hydrogens is 418 g/mol. The number of hydrogen-bond acceptors (Lipinski definition) is 7. The Hall–Kier alpha value is -3.46. The number of carbonyl (C=O) groups excluding carboxylic acids is 1. The molecule has 1 fully saturated rings. The van der Waals surface area contributed by atoms with Crippen LogP contribution in [0.15, 0.2) is 36.7 Å². The third-order valence-corrected chi connectivity index (χ3v) is 6.05. The van der Waals surface area contributed by atoms with Crippen molar-refractivity contribution < 1.29 is 9.53 Å². The Bertz CT molecular complexity index is 1180. The fraction of sp³-hybridized carbons (Fsp3) is 0.417. The highest BCUT2D eigenvalue weighted by Gasteiger charge is 2.27. The van der Waals surface area contributed by atoms with Gasteiger partial charge in [-0.2, -0.15) is 5.10 Å². The van der Waals surface area contributed by atoms with Crippen LogP contribution in [0.5, 0.6) is 5.75 Å². The number of amides is 1. The SMILES string of the molecule is COc1cc(-c2nn(C3CCN(C(=O)/C=C/CN(C)C)CC3)c3ncnc(N)c23)ccc1C. The molecule has 3 heterocycles. The first-order chi connectivity index (χ1) is 15.9. The lowest BCUT2D eigenvalue weighted by Gasteiger charge is -2.31. The van der Waals surface area contributed by atoms with Crippen molar-refractivity contribution in [2.75, 3.05) is 46.6 Å². The first-order valence-electron chi connectivity index (χ1n) is 11.1. The first kappa shape index (κ1) is 22.7. The van der Waals surface area contributed by atoms with Gasteiger partial charge in [0.05, 0.1) is 18.5 Å². The minimum atomic E-state index is 0.0552. The molecule has 4 rings (SSSR count). The number of methoxy groups -OCH3 is 1. The Balaban J connectivity index is 1.61. The molecule has 0 unspecified atom stereocenters. The van der Waals surface area contributed by atoms with Crippen LogP contribution in [0.4, 0.5) is 5.82 Å². The van der Waals surface area contributed by atoms with E-state index in [9.17, 15) is 4.79 Å². The Morgan fingerprint density at radius 3 is 2.73 bits per heavy atom. The molecule has 0 atom stereocenters. The van der Waals surface area contributed by atoms with E-state index in [1.165, 1.54) is 6.33 Å². The number of carbonyl (C=O) groups is 1. The topological polar surface area (TPSA) is 102 Å². The first-order valence-corrected chi connectivity index (χ1v) is 11.1. The van der Waals surface area contributed by atoms with Crippen molar-refractivity contribution in [3.8, 4) is 17.0 Å². The van der Waals surface area contributed by atoms with Crippen LogP contribution in [0.2, 0.25) is 0 Å². The fourth-order valence-corrected chi connectivity index (χ4v) is 4.22. The van der Waals surface area contributed by atoms with Crippen molar-refractivity contribution in [2.24, 2.45) is 0 Å². The second-order valence-corrected chi connectivity index (χ2v) is 8.66. The van der Waals surface area contributed by atoms with Crippen LogP contribution in [-0.2, 0) is 4.79 Å². The Kier molecular flexibility index (Phi) is 6.60. The van der Waals surface area contributed by atoms with Gasteiger partial charge in [0, 0.05) is 31.3 Å². The predicted molar refractivity (Wildman–Crippen MR) is 129 cm³/mol. The molecule has 9 nitrogen and oxygen atoms in total. The number of nitrogen functional groups attached to an aromatic ring is 1. The lowest BCUT2D eigenvalue weighted by atomic mass is 10.0. The highest BCUT2D eigenvalue weighted by Crippen LogP contribution is 2.35. The zero-order valence-corrected chi connectivity index (χ0v) is 19.7. The van der Waals surface area contributed by atoms with Gasteiger partial charge >= 0.3 is 0 Å². The zero-order valence-electron chi connectivity index (χ0n) is 19.7. The monoisotopic (exact) mass is 449 g/mol. The average molecular weight is 450 g/mol. The van der Waals surface area contributed by atoms with E-state index in [0.29, 0.717) is 24.6 Å². The molecule has 3 aromatic rings. The van der Waals surface area contributed by atoms with Crippen LogP contribution in [0.1, 0.15) is 24.4 Å². The van der Waals surface area contributed by atoms with Crippen LogP contribution in [0.25, 0.3) is 22.3 Å². The summed E-state index contributed by atoms with van der Waals surface area (Å²) in [5, 5.41) is 5.69. The molecule has 1 aliphatic heterocycles. The van der Waals surface area contributed by atoms with Gasteiger partial charge in [0.2, 0.25) is 5.91 Å². The number of nitrogens with two attached hydrogens (primary N) is 1. The molecule has 9 heteroatoms. The Labute approximate surface area is 193 Å². The molecule has 1 saturated heterocycles. The number of hydrogen-bond donors (Lipinski definition) is 1. The molecule has 2 N–H and O–H groups in total. The van der Waals surface area contributed by atoms with E-state index in [1.807, 2.05) is 59.8 Å². The summed E-state index contributed by atoms with van der Waals surface area (Å²) in [6.07, 6.45) is 6.64. The van der Waals surface area contributed by atoms with E-state index < -0.39 is 0 Å². The minimum Gasteiger partial charge on any atom is -0.496 e. The van der Waals surface area contributed by atoms with Crippen molar-refractivity contribution in [1.29, 1.82) is 0 Å². The lowest BCUT2D eigenvalue weighted by Crippen LogP contribution is -2.38. The normalized spacial score (nSPS) is 15.1. The summed E-state index contributed by atoms with van der Waals surface area (Å²) < 4.78 is 7.46. The molecule has 0 bridgehead atoms. The zero-order chi connectivity index (χ0) is 23.5. The maximum Gasteiger partial charge on any atom is 0.246 e. The summed E-state index contributed by atoms with van der Waals surface area (Å²) in [7, 11) is 5.61. The summed E-state index contributed by atoms with van der Waals surface area (Å²) in [6, 6.07) is 6.11. The quantitative estimate of drug-likeness (QED) is 0.577. The number of aromatic nitrogens is 4. The third kappa shape index (κ3) is 4.68. The summed E-state index contributed by atoms with van der Waals surface area (Å²) in [6.45, 7) is 4.09. The van der Waals surface area contributed by atoms with Crippen molar-refractivity contribution >= 4 is 22.8 Å². The molecular formula is C24H31N7O2. The van der Waals surface area contributed by atoms with Crippen molar-refractivity contribution in [1.82, 2.24) is 29.5 Å². The van der Waals surface area contributed by atoms with Crippen LogP contribution in [-0.4, -0.2) is 76.3 Å². The highest BCUT2D eigenvalue weighted by molar-refractivity contribution is 5.98. The molecule has 0 aliphatic carbocycles. The number of benzene rings is 1. The third-order valence-electron chi connectivity index (χ3n) is 6.05. The summed E-state index contributed by atoms with van der Waals surface area (Å²) in [4.78, 5) is 25.1. The molecule has 1 amide bonds. The van der Waals surface area contributed by atoms with Crippen molar-refractivity contribution in [3.05, 3.63) is 42.2 Å². The Morgan fingerprint density at radius 1 is 1.27 bits per heavy atom. The minimum absolute atomic E-state index is 0.0552. The van der Waals surface area contributed by atoms with E-state index >= 15 is 0 Å². The molecule has 2 aromatic heterocycles. The predicted octanol–water partition coefficient (Wildman–Crippen LogP) is 2.67. The molecule has 0 saturated carbocycles. The summed E-state index contributed by atoms with van der Waals surface area (Å²) in [5.41, 5.74) is 9.68. The molecule has 1 aliphatic rings. The average Bonchev–Trinajstić information content (AvgIpc) is 3.20. The number of anilines is 1. The Morgan fingerprint density at radius 2 is 2.03 bits per heavy atom. The van der Waals surface area contributed by atoms with Crippen LogP contribution in [0, 0.1) is 6.92 Å². The second-order valence-electron chi connectivity index (χ2n) is 8.66. The van der Waals surface area contributed by atoms with Gasteiger partial charge in [0.25, 0.3) is 0 Å². The van der Waals surface area contributed by atoms with Gasteiger partial charge < -0.3 is 20.3 Å². The molecule has 0 spiro atoms. The second kappa shape index (κ2) is 9.58. The van der Waals surface area contributed by atoms with E-state index in [2.05, 4.69) is 9.97 Å². The maximum absolute atomic E-state index is 12.5. The van der Waals surface area contributed by atoms with Crippen molar-refractivity contribution in [3.63, 3.8) is 0 Å². The lowest BCUT2D eigenvalue weighted by molar-refractivity contribution is -0.127. The fourth-order valence-electron chi connectivity index (χ4n) is 4.22. The standard InChI is InChI=1S/C24H31N7O2/c1-16-7-8-17(14-19(16)33-4)22-21-23(25)26-15-27-24(21)31(28-22)18-9-12-30(13-10-18)20(32)6-5-11-29(2)3/h5-8,14-15,18H,9-13H2,1-4H3,(H2,25,26,27)/b6-5+. The van der Waals surface area contributed by atoms with Gasteiger partial charge in [-0.25, -0.2) is 14.6 Å². The number of fused-ring (bicyclic) bond motifs is 1. The summed E-state index contributed by atoms with van der Waals surface area (Å²) >= 11 is 0. The van der Waals surface area contributed by atoms with E-state index in [0.717, 1.165) is 47.3 Å². The number of ether oxygens (including phenoxy) is 1. The number of likely N-dealkylation sites (N-methyl/N-ethyl adjacent to an activating group) is 1. The number of piperidine rings is 1. The largest absolute Gasteiger partial charge is 0.496 e. The number of aryl methyl sites for hydroxylation is 1. The molecule has 33 heavy (non-hydrogen) atoms. The van der Waals surface area contributed by atoms with Crippen LogP contribution in [0.3, 0.4) is 0 Å².